The van der Waals surface area contributed by atoms with Gasteiger partial charge in [-0.15, -0.1) is 0 Å². The summed E-state index contributed by atoms with van der Waals surface area (Å²) in [4.78, 5) is 31.6. The number of phenolic OH excluding ortho intramolecular Hbond substituents is 5. The van der Waals surface area contributed by atoms with Crippen LogP contribution in [0.2, 0.25) is 0 Å². The number of alkyl halides is 6. The normalized spacial score (nSPS) is 20.0. The number of piperazine rings is 1. The third kappa shape index (κ3) is 6.66. The highest BCUT2D eigenvalue weighted by atomic mass is 19.4. The first-order valence-electron chi connectivity index (χ1n) is 15.2. The van der Waals surface area contributed by atoms with Crippen LogP contribution in [-0.2, 0) is 17.1 Å². The smallest absolute Gasteiger partial charge is 0.423 e. The summed E-state index contributed by atoms with van der Waals surface area (Å²) in [6.45, 7) is 6.05. The van der Waals surface area contributed by atoms with Crippen LogP contribution in [0.1, 0.15) is 72.2 Å². The molecule has 2 fully saturated rings. The van der Waals surface area contributed by atoms with Crippen LogP contribution >= 0.6 is 0 Å². The van der Waals surface area contributed by atoms with Crippen LogP contribution < -0.4 is 0 Å². The van der Waals surface area contributed by atoms with Crippen molar-refractivity contribution in [1.29, 1.82) is 0 Å². The first kappa shape index (κ1) is 37.5. The zero-order valence-electron chi connectivity index (χ0n) is 27.2. The molecule has 2 aromatic carbocycles. The summed E-state index contributed by atoms with van der Waals surface area (Å²) in [6.07, 6.45) is -10.8. The summed E-state index contributed by atoms with van der Waals surface area (Å²) in [5.41, 5.74) is -6.72. The van der Waals surface area contributed by atoms with Gasteiger partial charge in [-0.1, -0.05) is 0 Å². The fraction of sp³-hybridized carbons (Fsp3) is 0.548. The maximum Gasteiger partial charge on any atom is 0.423 e. The van der Waals surface area contributed by atoms with Gasteiger partial charge in [0.2, 0.25) is 11.7 Å². The van der Waals surface area contributed by atoms with Gasteiger partial charge in [0.25, 0.3) is 0 Å². The van der Waals surface area contributed by atoms with E-state index in [-0.39, 0.29) is 42.5 Å². The fourth-order valence-corrected chi connectivity index (χ4v) is 6.95. The number of hydrogen-bond donors (Lipinski definition) is 5. The Morgan fingerprint density at radius 3 is 1.86 bits per heavy atom. The molecule has 0 aliphatic carbocycles. The Morgan fingerprint density at radius 2 is 1.35 bits per heavy atom. The van der Waals surface area contributed by atoms with E-state index >= 15 is 0 Å². The molecule has 18 heteroatoms. The van der Waals surface area contributed by atoms with Crippen molar-refractivity contribution in [3.8, 4) is 28.7 Å². The number of nitrogens with zero attached hydrogens (tertiary/aromatic N) is 4. The minimum atomic E-state index is -5.62. The molecule has 272 valence electrons. The van der Waals surface area contributed by atoms with E-state index in [0.717, 1.165) is 30.7 Å². The van der Waals surface area contributed by atoms with Crippen molar-refractivity contribution in [2.24, 2.45) is 0 Å². The van der Waals surface area contributed by atoms with Gasteiger partial charge in [-0.3, -0.25) is 9.69 Å². The number of urea groups is 1. The van der Waals surface area contributed by atoms with Crippen LogP contribution in [0.3, 0.4) is 0 Å². The molecule has 2 saturated heterocycles. The number of rotatable bonds is 4. The lowest BCUT2D eigenvalue weighted by Gasteiger charge is -2.47. The summed E-state index contributed by atoms with van der Waals surface area (Å²) < 4.78 is 98.0. The highest BCUT2D eigenvalue weighted by Crippen LogP contribution is 2.53. The number of likely N-dealkylation sites (tertiary alicyclic amines) is 1. The van der Waals surface area contributed by atoms with Crippen molar-refractivity contribution >= 4 is 11.9 Å². The molecule has 2 aliphatic heterocycles. The number of halogens is 7. The highest BCUT2D eigenvalue weighted by molar-refractivity contribution is 5.77. The summed E-state index contributed by atoms with van der Waals surface area (Å²) >= 11 is 0. The molecular formula is C31H37F7N4O7. The Labute approximate surface area is 276 Å². The zero-order chi connectivity index (χ0) is 37.1. The minimum absolute atomic E-state index is 0.0207. The third-order valence-electron chi connectivity index (χ3n) is 9.70. The average Bonchev–Trinajstić information content (AvgIpc) is 3.00. The van der Waals surface area contributed by atoms with E-state index in [1.165, 1.54) is 13.8 Å². The number of amides is 3. The van der Waals surface area contributed by atoms with Crippen molar-refractivity contribution in [1.82, 2.24) is 19.6 Å². The largest absolute Gasteiger partial charge is 0.507 e. The molecule has 0 aromatic heterocycles. The Morgan fingerprint density at radius 1 is 0.796 bits per heavy atom. The molecule has 3 unspecified atom stereocenters. The van der Waals surface area contributed by atoms with Gasteiger partial charge in [0.05, 0.1) is 12.1 Å². The molecule has 0 radical (unpaired) electrons. The number of aromatic hydroxyl groups is 5. The molecule has 4 rings (SSSR count). The topological polar surface area (TPSA) is 148 Å². The number of carbonyl (C=O) groups excluding carboxylic acids is 2. The summed E-state index contributed by atoms with van der Waals surface area (Å²) in [5, 5.41) is 52.3. The third-order valence-corrected chi connectivity index (χ3v) is 9.70. The van der Waals surface area contributed by atoms with E-state index in [9.17, 15) is 65.9 Å². The quantitative estimate of drug-likeness (QED) is 0.159. The highest BCUT2D eigenvalue weighted by Gasteiger charge is 2.48. The molecule has 3 amide bonds. The molecule has 0 bridgehead atoms. The van der Waals surface area contributed by atoms with Crippen molar-refractivity contribution in [3.05, 3.63) is 39.2 Å². The Hall–Kier alpha value is -4.35. The molecule has 3 atom stereocenters. The summed E-state index contributed by atoms with van der Waals surface area (Å²) in [5.74, 6) is -8.85. The van der Waals surface area contributed by atoms with Gasteiger partial charge in [0.15, 0.2) is 17.2 Å². The number of benzene rings is 2. The molecule has 2 heterocycles. The van der Waals surface area contributed by atoms with Crippen molar-refractivity contribution in [2.75, 3.05) is 39.8 Å². The van der Waals surface area contributed by atoms with E-state index in [1.807, 2.05) is 4.90 Å². The van der Waals surface area contributed by atoms with Crippen LogP contribution in [0.15, 0.2) is 0 Å². The first-order valence-corrected chi connectivity index (χ1v) is 15.2. The van der Waals surface area contributed by atoms with Gasteiger partial charge in [0.1, 0.15) is 22.6 Å². The van der Waals surface area contributed by atoms with Crippen molar-refractivity contribution in [2.45, 2.75) is 71.0 Å². The second-order valence-corrected chi connectivity index (χ2v) is 12.4. The lowest BCUT2D eigenvalue weighted by atomic mass is 9.87. The van der Waals surface area contributed by atoms with Crippen LogP contribution in [0.5, 0.6) is 28.7 Å². The summed E-state index contributed by atoms with van der Waals surface area (Å²) in [7, 11) is 1.07. The van der Waals surface area contributed by atoms with Gasteiger partial charge >= 0.3 is 18.4 Å². The van der Waals surface area contributed by atoms with Gasteiger partial charge < -0.3 is 40.2 Å². The maximum atomic E-state index is 14.5. The zero-order valence-corrected chi connectivity index (χ0v) is 27.2. The average molecular weight is 711 g/mol. The van der Waals surface area contributed by atoms with E-state index in [4.69, 9.17) is 0 Å². The molecular weight excluding hydrogens is 673 g/mol. The van der Waals surface area contributed by atoms with E-state index < -0.39 is 87.3 Å². The number of hydrogen-bond acceptors (Lipinski definition) is 8. The molecule has 0 spiro atoms. The van der Waals surface area contributed by atoms with Gasteiger partial charge in [-0.25, -0.2) is 4.79 Å². The predicted octanol–water partition coefficient (Wildman–Crippen LogP) is 5.49. The van der Waals surface area contributed by atoms with E-state index in [2.05, 4.69) is 0 Å². The van der Waals surface area contributed by atoms with Crippen LogP contribution in [0, 0.1) is 19.7 Å². The second kappa shape index (κ2) is 13.2. The maximum absolute atomic E-state index is 14.5. The van der Waals surface area contributed by atoms with Gasteiger partial charge in [0, 0.05) is 69.4 Å². The van der Waals surface area contributed by atoms with Gasteiger partial charge in [-0.2, -0.15) is 30.7 Å². The first-order chi connectivity index (χ1) is 22.5. The number of carbonyl (C=O) groups is 2. The Kier molecular flexibility index (Phi) is 10.1. The molecule has 49 heavy (non-hydrogen) atoms. The predicted molar refractivity (Wildman–Crippen MR) is 159 cm³/mol. The lowest BCUT2D eigenvalue weighted by molar-refractivity contribution is -0.146. The fourth-order valence-electron chi connectivity index (χ4n) is 6.95. The minimum Gasteiger partial charge on any atom is -0.507 e. The van der Waals surface area contributed by atoms with Crippen molar-refractivity contribution < 1.29 is 65.9 Å². The van der Waals surface area contributed by atoms with E-state index in [0.29, 0.717) is 26.2 Å². The van der Waals surface area contributed by atoms with Crippen molar-refractivity contribution in [3.63, 3.8) is 0 Å². The number of phenols is 5. The van der Waals surface area contributed by atoms with Gasteiger partial charge in [-0.05, 0) is 39.2 Å². The standard InChI is InChI=1S/C31H37F7N4O7/c1-13-19(25(45)22(31(36,37)38)27(47)21(13)30(33,34)35)15(3)39(5)29(49)42-7-6-17(41-10-8-40(9-11-41)16(4)43)12-18(42)20-14(2)24(44)23(32)28(48)26(20)46/h15,17-18,44-48H,6-12H2,1-5H3. The van der Waals surface area contributed by atoms with E-state index in [1.54, 1.807) is 4.90 Å². The van der Waals surface area contributed by atoms with Crippen LogP contribution in [-0.4, -0.2) is 103 Å². The molecule has 11 nitrogen and oxygen atoms in total. The SMILES string of the molecule is CC(=O)N1CCN(C2CCN(C(=O)N(C)C(C)c3c(C)c(C(F)(F)F)c(O)c(C(F)(F)F)c3O)C(c3c(C)c(O)c(F)c(O)c3O)C2)CC1. The monoisotopic (exact) mass is 710 g/mol. The lowest BCUT2D eigenvalue weighted by Crippen LogP contribution is -2.56. The summed E-state index contributed by atoms with van der Waals surface area (Å²) in [6, 6.07) is -4.19. The Balaban J connectivity index is 1.79. The second-order valence-electron chi connectivity index (χ2n) is 12.4. The van der Waals surface area contributed by atoms with Crippen LogP contribution in [0.25, 0.3) is 0 Å². The molecule has 5 N–H and O–H groups in total. The molecule has 2 aromatic rings. The Bertz CT molecular complexity index is 1570. The molecule has 0 saturated carbocycles. The number of piperidine rings is 1. The van der Waals surface area contributed by atoms with Crippen LogP contribution in [0.4, 0.5) is 35.5 Å². The molecule has 2 aliphatic rings.